The zero-order chi connectivity index (χ0) is 15.4. The number of aryl methyl sites for hydroxylation is 1. The van der Waals surface area contributed by atoms with Crippen LogP contribution in [-0.2, 0) is 4.79 Å². The van der Waals surface area contributed by atoms with E-state index in [0.29, 0.717) is 15.7 Å². The van der Waals surface area contributed by atoms with Gasteiger partial charge in [0.1, 0.15) is 0 Å². The minimum absolute atomic E-state index is 0.103. The molecule has 6 heteroatoms. The van der Waals surface area contributed by atoms with E-state index in [0.717, 1.165) is 15.7 Å². The topological polar surface area (TPSA) is 41.1 Å². The Bertz CT molecular complexity index is 677. The summed E-state index contributed by atoms with van der Waals surface area (Å²) in [5, 5.41) is 6.91. The number of anilines is 2. The number of halogens is 3. The molecular weight excluding hydrogens is 375 g/mol. The van der Waals surface area contributed by atoms with Crippen molar-refractivity contribution in [3.8, 4) is 0 Å². The molecule has 0 atom stereocenters. The van der Waals surface area contributed by atoms with Crippen LogP contribution in [0.4, 0.5) is 11.4 Å². The molecule has 0 unspecified atom stereocenters. The molecule has 3 nitrogen and oxygen atoms in total. The van der Waals surface area contributed by atoms with Gasteiger partial charge >= 0.3 is 0 Å². The second kappa shape index (κ2) is 7.16. The average Bonchev–Trinajstić information content (AvgIpc) is 2.41. The highest BCUT2D eigenvalue weighted by Gasteiger charge is 2.07. The molecule has 0 aliphatic heterocycles. The van der Waals surface area contributed by atoms with Crippen molar-refractivity contribution in [1.82, 2.24) is 0 Å². The standard InChI is InChI=1S/C15H13BrCl2N2O/c1-9-5-13(18)14(7-12(9)17)19-8-15(21)20-11-4-2-3-10(16)6-11/h2-7,19H,8H2,1H3,(H,20,21). The number of carbonyl (C=O) groups is 1. The Balaban J connectivity index is 1.97. The predicted molar refractivity (Wildman–Crippen MR) is 92.5 cm³/mol. The van der Waals surface area contributed by atoms with Crippen molar-refractivity contribution < 1.29 is 4.79 Å². The summed E-state index contributed by atoms with van der Waals surface area (Å²) in [5.41, 5.74) is 2.26. The van der Waals surface area contributed by atoms with E-state index in [4.69, 9.17) is 23.2 Å². The molecular formula is C15H13BrCl2N2O. The molecule has 0 heterocycles. The van der Waals surface area contributed by atoms with Gasteiger partial charge in [-0.2, -0.15) is 0 Å². The Morgan fingerprint density at radius 1 is 1.19 bits per heavy atom. The van der Waals surface area contributed by atoms with Gasteiger partial charge in [-0.1, -0.05) is 45.2 Å². The lowest BCUT2D eigenvalue weighted by molar-refractivity contribution is -0.114. The smallest absolute Gasteiger partial charge is 0.243 e. The minimum atomic E-state index is -0.166. The van der Waals surface area contributed by atoms with Crippen molar-refractivity contribution in [1.29, 1.82) is 0 Å². The fraction of sp³-hybridized carbons (Fsp3) is 0.133. The van der Waals surface area contributed by atoms with Gasteiger partial charge in [-0.15, -0.1) is 0 Å². The highest BCUT2D eigenvalue weighted by atomic mass is 79.9. The summed E-state index contributed by atoms with van der Waals surface area (Å²) in [5.74, 6) is -0.166. The van der Waals surface area contributed by atoms with Gasteiger partial charge in [0.25, 0.3) is 0 Å². The third-order valence-corrected chi connectivity index (χ3v) is 4.01. The van der Waals surface area contributed by atoms with Crippen LogP contribution in [0.25, 0.3) is 0 Å². The maximum absolute atomic E-state index is 11.9. The normalized spacial score (nSPS) is 10.3. The molecule has 1 amide bonds. The van der Waals surface area contributed by atoms with Crippen molar-refractivity contribution >= 4 is 56.4 Å². The Kier molecular flexibility index (Phi) is 5.51. The summed E-state index contributed by atoms with van der Waals surface area (Å²) in [6.45, 7) is 1.98. The van der Waals surface area contributed by atoms with Crippen molar-refractivity contribution in [3.63, 3.8) is 0 Å². The van der Waals surface area contributed by atoms with Crippen molar-refractivity contribution in [3.05, 3.63) is 56.5 Å². The van der Waals surface area contributed by atoms with E-state index in [1.165, 1.54) is 0 Å². The first-order valence-electron chi connectivity index (χ1n) is 6.20. The highest BCUT2D eigenvalue weighted by molar-refractivity contribution is 9.10. The number of benzene rings is 2. The molecule has 0 saturated heterocycles. The molecule has 0 aromatic heterocycles. The van der Waals surface area contributed by atoms with Gasteiger partial charge in [-0.25, -0.2) is 0 Å². The summed E-state index contributed by atoms with van der Waals surface area (Å²) >= 11 is 15.5. The first-order valence-corrected chi connectivity index (χ1v) is 7.75. The molecule has 110 valence electrons. The summed E-state index contributed by atoms with van der Waals surface area (Å²) in [6, 6.07) is 10.9. The second-order valence-corrected chi connectivity index (χ2v) is 6.22. The Labute approximate surface area is 141 Å². The Morgan fingerprint density at radius 2 is 1.95 bits per heavy atom. The van der Waals surface area contributed by atoms with E-state index in [1.54, 1.807) is 12.1 Å². The maximum Gasteiger partial charge on any atom is 0.243 e. The Hall–Kier alpha value is -1.23. The van der Waals surface area contributed by atoms with E-state index >= 15 is 0 Å². The lowest BCUT2D eigenvalue weighted by Gasteiger charge is -2.11. The molecule has 0 fully saturated rings. The molecule has 0 bridgehead atoms. The van der Waals surface area contributed by atoms with Gasteiger partial charge in [-0.05, 0) is 42.8 Å². The quantitative estimate of drug-likeness (QED) is 0.764. The number of rotatable bonds is 4. The zero-order valence-electron chi connectivity index (χ0n) is 11.2. The molecule has 0 aliphatic carbocycles. The van der Waals surface area contributed by atoms with Crippen molar-refractivity contribution in [2.75, 3.05) is 17.2 Å². The first-order chi connectivity index (χ1) is 9.95. The largest absolute Gasteiger partial charge is 0.375 e. The fourth-order valence-electron chi connectivity index (χ4n) is 1.73. The monoisotopic (exact) mass is 386 g/mol. The molecule has 21 heavy (non-hydrogen) atoms. The van der Waals surface area contributed by atoms with Gasteiger partial charge < -0.3 is 10.6 Å². The van der Waals surface area contributed by atoms with E-state index in [-0.39, 0.29) is 12.5 Å². The molecule has 0 aliphatic rings. The molecule has 0 saturated carbocycles. The average molecular weight is 388 g/mol. The fourth-order valence-corrected chi connectivity index (χ4v) is 2.58. The number of carbonyl (C=O) groups excluding carboxylic acids is 1. The number of hydrogen-bond donors (Lipinski definition) is 2. The van der Waals surface area contributed by atoms with E-state index in [2.05, 4.69) is 26.6 Å². The molecule has 2 aromatic carbocycles. The highest BCUT2D eigenvalue weighted by Crippen LogP contribution is 2.28. The van der Waals surface area contributed by atoms with Gasteiger partial charge in [0, 0.05) is 15.2 Å². The van der Waals surface area contributed by atoms with Crippen LogP contribution in [0.1, 0.15) is 5.56 Å². The van der Waals surface area contributed by atoms with Crippen LogP contribution < -0.4 is 10.6 Å². The molecule has 0 spiro atoms. The third kappa shape index (κ3) is 4.63. The van der Waals surface area contributed by atoms with Crippen molar-refractivity contribution in [2.45, 2.75) is 6.92 Å². The van der Waals surface area contributed by atoms with E-state index in [1.807, 2.05) is 31.2 Å². The molecule has 2 rings (SSSR count). The van der Waals surface area contributed by atoms with Gasteiger partial charge in [0.05, 0.1) is 17.3 Å². The number of nitrogens with one attached hydrogen (secondary N) is 2. The van der Waals surface area contributed by atoms with Crippen LogP contribution in [0.15, 0.2) is 40.9 Å². The Morgan fingerprint density at radius 3 is 2.67 bits per heavy atom. The molecule has 2 aromatic rings. The summed E-state index contributed by atoms with van der Waals surface area (Å²) in [4.78, 5) is 11.9. The van der Waals surface area contributed by atoms with E-state index in [9.17, 15) is 4.79 Å². The summed E-state index contributed by atoms with van der Waals surface area (Å²) < 4.78 is 0.904. The van der Waals surface area contributed by atoms with E-state index < -0.39 is 0 Å². The van der Waals surface area contributed by atoms with Crippen LogP contribution in [0.2, 0.25) is 10.0 Å². The van der Waals surface area contributed by atoms with Gasteiger partial charge in [0.15, 0.2) is 0 Å². The van der Waals surface area contributed by atoms with Gasteiger partial charge in [-0.3, -0.25) is 4.79 Å². The van der Waals surface area contributed by atoms with Crippen LogP contribution in [0.3, 0.4) is 0 Å². The number of hydrogen-bond acceptors (Lipinski definition) is 2. The van der Waals surface area contributed by atoms with Crippen LogP contribution in [0.5, 0.6) is 0 Å². The minimum Gasteiger partial charge on any atom is -0.375 e. The summed E-state index contributed by atoms with van der Waals surface area (Å²) in [7, 11) is 0. The second-order valence-electron chi connectivity index (χ2n) is 4.49. The van der Waals surface area contributed by atoms with Gasteiger partial charge in [0.2, 0.25) is 5.91 Å². The van der Waals surface area contributed by atoms with Crippen LogP contribution in [0, 0.1) is 6.92 Å². The zero-order valence-corrected chi connectivity index (χ0v) is 14.3. The lowest BCUT2D eigenvalue weighted by Crippen LogP contribution is -2.21. The summed E-state index contributed by atoms with van der Waals surface area (Å²) in [6.07, 6.45) is 0. The molecule has 0 radical (unpaired) electrons. The van der Waals surface area contributed by atoms with Crippen molar-refractivity contribution in [2.24, 2.45) is 0 Å². The third-order valence-electron chi connectivity index (χ3n) is 2.80. The maximum atomic E-state index is 11.9. The molecule has 2 N–H and O–H groups in total. The SMILES string of the molecule is Cc1cc(Cl)c(NCC(=O)Nc2cccc(Br)c2)cc1Cl. The number of amides is 1. The van der Waals surface area contributed by atoms with Crippen LogP contribution >= 0.6 is 39.1 Å². The predicted octanol–water partition coefficient (Wildman–Crippen LogP) is 5.11. The first kappa shape index (κ1) is 16.1. The van der Waals surface area contributed by atoms with Crippen LogP contribution in [-0.4, -0.2) is 12.5 Å². The lowest BCUT2D eigenvalue weighted by atomic mass is 10.2.